The minimum atomic E-state index is -0.658. The van der Waals surface area contributed by atoms with Crippen molar-refractivity contribution in [3.63, 3.8) is 0 Å². The fourth-order valence-electron chi connectivity index (χ4n) is 2.64. The van der Waals surface area contributed by atoms with E-state index in [2.05, 4.69) is 10.3 Å². The Kier molecular flexibility index (Phi) is 7.24. The first-order valence-electron chi connectivity index (χ1n) is 8.94. The normalized spacial score (nSPS) is 10.6. The zero-order chi connectivity index (χ0) is 21.7. The number of nitrogens with one attached hydrogen (secondary N) is 1. The van der Waals surface area contributed by atoms with E-state index in [4.69, 9.17) is 10.5 Å². The minimum absolute atomic E-state index is 0.104. The average Bonchev–Trinajstić information content (AvgIpc) is 3.32. The number of thioether (sulfide) groups is 1. The molecule has 0 atom stereocenters. The van der Waals surface area contributed by atoms with Crippen molar-refractivity contribution in [2.24, 2.45) is 5.73 Å². The molecule has 30 heavy (non-hydrogen) atoms. The number of ether oxygens (including phenoxy) is 1. The number of thiophene rings is 1. The van der Waals surface area contributed by atoms with E-state index < -0.39 is 11.9 Å². The number of amides is 2. The van der Waals surface area contributed by atoms with Crippen LogP contribution < -0.4 is 11.1 Å². The van der Waals surface area contributed by atoms with Gasteiger partial charge in [0.2, 0.25) is 5.91 Å². The van der Waals surface area contributed by atoms with Gasteiger partial charge in [-0.3, -0.25) is 9.59 Å². The summed E-state index contributed by atoms with van der Waals surface area (Å²) in [5, 5.41) is 4.90. The second-order valence-corrected chi connectivity index (χ2v) is 9.15. The molecule has 0 saturated carbocycles. The molecule has 0 aliphatic heterocycles. The van der Waals surface area contributed by atoms with E-state index in [1.165, 1.54) is 23.1 Å². The van der Waals surface area contributed by atoms with Crippen molar-refractivity contribution in [3.8, 4) is 11.3 Å². The van der Waals surface area contributed by atoms with Crippen LogP contribution in [0, 0.1) is 6.92 Å². The third kappa shape index (κ3) is 5.07. The first-order valence-corrected chi connectivity index (χ1v) is 11.6. The first-order chi connectivity index (χ1) is 14.4. The zero-order valence-corrected chi connectivity index (χ0v) is 18.7. The molecular weight excluding hydrogens is 442 g/mol. The van der Waals surface area contributed by atoms with Crippen molar-refractivity contribution in [3.05, 3.63) is 51.7 Å². The molecule has 2 aromatic heterocycles. The third-order valence-corrected chi connectivity index (χ3v) is 7.23. The zero-order valence-electron chi connectivity index (χ0n) is 16.3. The second kappa shape index (κ2) is 9.88. The van der Waals surface area contributed by atoms with Crippen LogP contribution in [-0.2, 0) is 9.53 Å². The summed E-state index contributed by atoms with van der Waals surface area (Å²) in [5.41, 5.74) is 7.81. The molecule has 2 amide bonds. The molecule has 0 aliphatic rings. The summed E-state index contributed by atoms with van der Waals surface area (Å²) in [7, 11) is 0. The van der Waals surface area contributed by atoms with Gasteiger partial charge in [-0.2, -0.15) is 0 Å². The second-order valence-electron chi connectivity index (χ2n) is 6.05. The molecule has 0 fully saturated rings. The number of nitrogens with zero attached hydrogens (tertiary/aromatic N) is 1. The minimum Gasteiger partial charge on any atom is -0.462 e. The van der Waals surface area contributed by atoms with Crippen LogP contribution in [0.5, 0.6) is 0 Å². The summed E-state index contributed by atoms with van der Waals surface area (Å²) >= 11 is 3.72. The highest BCUT2D eigenvalue weighted by atomic mass is 32.2. The number of hydrogen-bond acceptors (Lipinski definition) is 8. The van der Waals surface area contributed by atoms with Crippen molar-refractivity contribution in [2.45, 2.75) is 18.2 Å². The Morgan fingerprint density at radius 3 is 2.63 bits per heavy atom. The SMILES string of the molecule is CCOC(=O)c1c(NC(=O)CSc2nc(-c3ccccc3)cs2)sc(C(N)=O)c1C. The van der Waals surface area contributed by atoms with E-state index >= 15 is 0 Å². The Balaban J connectivity index is 1.69. The van der Waals surface area contributed by atoms with E-state index in [0.717, 1.165) is 26.9 Å². The van der Waals surface area contributed by atoms with E-state index in [1.807, 2.05) is 35.7 Å². The predicted molar refractivity (Wildman–Crippen MR) is 120 cm³/mol. The van der Waals surface area contributed by atoms with Gasteiger partial charge in [-0.15, -0.1) is 22.7 Å². The Hall–Kier alpha value is -2.69. The smallest absolute Gasteiger partial charge is 0.341 e. The predicted octanol–water partition coefficient (Wildman–Crippen LogP) is 4.19. The highest BCUT2D eigenvalue weighted by Gasteiger charge is 2.25. The van der Waals surface area contributed by atoms with Crippen molar-refractivity contribution in [1.29, 1.82) is 0 Å². The Labute approximate surface area is 185 Å². The van der Waals surface area contributed by atoms with Crippen LogP contribution in [0.1, 0.15) is 32.5 Å². The molecule has 156 valence electrons. The van der Waals surface area contributed by atoms with Crippen LogP contribution in [-0.4, -0.2) is 35.1 Å². The summed E-state index contributed by atoms with van der Waals surface area (Å²) in [4.78, 5) is 41.2. The molecule has 0 aliphatic carbocycles. The van der Waals surface area contributed by atoms with Gasteiger partial charge < -0.3 is 15.8 Å². The number of carbonyl (C=O) groups is 3. The molecule has 0 unspecified atom stereocenters. The summed E-state index contributed by atoms with van der Waals surface area (Å²) < 4.78 is 5.81. The number of rotatable bonds is 8. The number of esters is 1. The monoisotopic (exact) mass is 461 g/mol. The summed E-state index contributed by atoms with van der Waals surface area (Å²) in [5.74, 6) is -1.48. The molecule has 3 aromatic rings. The molecular formula is C20H19N3O4S3. The van der Waals surface area contributed by atoms with Gasteiger partial charge >= 0.3 is 5.97 Å². The van der Waals surface area contributed by atoms with Crippen molar-refractivity contribution in [1.82, 2.24) is 4.98 Å². The van der Waals surface area contributed by atoms with Crippen LogP contribution in [0.4, 0.5) is 5.00 Å². The summed E-state index contributed by atoms with van der Waals surface area (Å²) in [6, 6.07) is 9.78. The average molecular weight is 462 g/mol. The number of aromatic nitrogens is 1. The number of hydrogen-bond donors (Lipinski definition) is 2. The Bertz CT molecular complexity index is 1080. The highest BCUT2D eigenvalue weighted by Crippen LogP contribution is 2.34. The van der Waals surface area contributed by atoms with Crippen LogP contribution in [0.15, 0.2) is 40.1 Å². The molecule has 10 heteroatoms. The van der Waals surface area contributed by atoms with Crippen molar-refractivity contribution >= 4 is 57.2 Å². The lowest BCUT2D eigenvalue weighted by Crippen LogP contribution is -2.16. The molecule has 1 aromatic carbocycles. The maximum absolute atomic E-state index is 12.5. The standard InChI is InChI=1S/C20H19N3O4S3/c1-3-27-19(26)15-11(2)16(17(21)25)30-18(15)23-14(24)10-29-20-22-13(9-28-20)12-7-5-4-6-8-12/h4-9H,3,10H2,1-2H3,(H2,21,25)(H,23,24). The third-order valence-electron chi connectivity index (χ3n) is 3.98. The van der Waals surface area contributed by atoms with Gasteiger partial charge in [0.15, 0.2) is 4.34 Å². The molecule has 0 radical (unpaired) electrons. The molecule has 0 spiro atoms. The first kappa shape index (κ1) is 22.0. The maximum atomic E-state index is 12.5. The van der Waals surface area contributed by atoms with Crippen LogP contribution in [0.2, 0.25) is 0 Å². The summed E-state index contributed by atoms with van der Waals surface area (Å²) in [6.45, 7) is 3.46. The molecule has 0 bridgehead atoms. The Morgan fingerprint density at radius 1 is 1.23 bits per heavy atom. The quantitative estimate of drug-likeness (QED) is 0.384. The highest BCUT2D eigenvalue weighted by molar-refractivity contribution is 8.01. The van der Waals surface area contributed by atoms with E-state index in [0.29, 0.717) is 5.56 Å². The Morgan fingerprint density at radius 2 is 1.97 bits per heavy atom. The lowest BCUT2D eigenvalue weighted by Gasteiger charge is -2.06. The van der Waals surface area contributed by atoms with Gasteiger partial charge in [-0.05, 0) is 19.4 Å². The van der Waals surface area contributed by atoms with Gasteiger partial charge in [0.05, 0.1) is 28.5 Å². The maximum Gasteiger partial charge on any atom is 0.341 e. The van der Waals surface area contributed by atoms with E-state index in [9.17, 15) is 14.4 Å². The summed E-state index contributed by atoms with van der Waals surface area (Å²) in [6.07, 6.45) is 0. The molecule has 0 saturated heterocycles. The number of benzene rings is 1. The molecule has 2 heterocycles. The molecule has 3 N–H and O–H groups in total. The fourth-order valence-corrected chi connectivity index (χ4v) is 5.34. The lowest BCUT2D eigenvalue weighted by molar-refractivity contribution is -0.113. The lowest BCUT2D eigenvalue weighted by atomic mass is 10.1. The number of nitrogens with two attached hydrogens (primary N) is 1. The van der Waals surface area contributed by atoms with Crippen LogP contribution in [0.3, 0.4) is 0 Å². The van der Waals surface area contributed by atoms with Gasteiger partial charge in [0, 0.05) is 10.9 Å². The van der Waals surface area contributed by atoms with Gasteiger partial charge in [-0.25, -0.2) is 9.78 Å². The number of thiazole rings is 1. The molecule has 7 nitrogen and oxygen atoms in total. The van der Waals surface area contributed by atoms with Gasteiger partial charge in [0.25, 0.3) is 5.91 Å². The van der Waals surface area contributed by atoms with E-state index in [1.54, 1.807) is 13.8 Å². The topological polar surface area (TPSA) is 111 Å². The molecule has 3 rings (SSSR count). The van der Waals surface area contributed by atoms with Gasteiger partial charge in [-0.1, -0.05) is 42.1 Å². The van der Waals surface area contributed by atoms with Gasteiger partial charge in [0.1, 0.15) is 5.00 Å². The van der Waals surface area contributed by atoms with E-state index in [-0.39, 0.29) is 33.7 Å². The number of carbonyl (C=O) groups excluding carboxylic acids is 3. The largest absolute Gasteiger partial charge is 0.462 e. The van der Waals surface area contributed by atoms with Crippen LogP contribution >= 0.6 is 34.4 Å². The van der Waals surface area contributed by atoms with Crippen molar-refractivity contribution in [2.75, 3.05) is 17.7 Å². The van der Waals surface area contributed by atoms with Crippen molar-refractivity contribution < 1.29 is 19.1 Å². The number of primary amides is 1. The number of anilines is 1. The fraction of sp³-hybridized carbons (Fsp3) is 0.200. The van der Waals surface area contributed by atoms with Crippen LogP contribution in [0.25, 0.3) is 11.3 Å².